The van der Waals surface area contributed by atoms with E-state index in [-0.39, 0.29) is 5.91 Å². The number of rotatable bonds is 3. The molecule has 1 aliphatic rings. The van der Waals surface area contributed by atoms with Gasteiger partial charge in [0, 0.05) is 20.1 Å². The minimum Gasteiger partial charge on any atom is -0.348 e. The van der Waals surface area contributed by atoms with Gasteiger partial charge in [-0.05, 0) is 24.7 Å². The zero-order chi connectivity index (χ0) is 11.4. The SMILES string of the molecule is CC1CCCC(C)C1NCC(=O)N(C)C. The van der Waals surface area contributed by atoms with Gasteiger partial charge in [-0.25, -0.2) is 0 Å². The van der Waals surface area contributed by atoms with Crippen LogP contribution in [0.25, 0.3) is 0 Å². The molecule has 0 radical (unpaired) electrons. The molecule has 2 unspecified atom stereocenters. The van der Waals surface area contributed by atoms with E-state index < -0.39 is 0 Å². The summed E-state index contributed by atoms with van der Waals surface area (Å²) in [5.41, 5.74) is 0. The number of nitrogens with zero attached hydrogens (tertiary/aromatic N) is 1. The molecule has 0 spiro atoms. The minimum atomic E-state index is 0.167. The molecule has 0 saturated heterocycles. The van der Waals surface area contributed by atoms with E-state index in [4.69, 9.17) is 0 Å². The minimum absolute atomic E-state index is 0.167. The molecule has 0 aliphatic heterocycles. The Kier molecular flexibility index (Phi) is 4.58. The fraction of sp³-hybridized carbons (Fsp3) is 0.917. The fourth-order valence-electron chi connectivity index (χ4n) is 2.45. The van der Waals surface area contributed by atoms with Crippen LogP contribution < -0.4 is 5.32 Å². The third-order valence-electron chi connectivity index (χ3n) is 3.53. The van der Waals surface area contributed by atoms with Gasteiger partial charge in [-0.15, -0.1) is 0 Å². The van der Waals surface area contributed by atoms with Gasteiger partial charge < -0.3 is 10.2 Å². The normalized spacial score (nSPS) is 31.3. The Labute approximate surface area is 93.2 Å². The summed E-state index contributed by atoms with van der Waals surface area (Å²) in [7, 11) is 3.61. The second-order valence-electron chi connectivity index (χ2n) is 5.08. The lowest BCUT2D eigenvalue weighted by Crippen LogP contribution is -2.46. The predicted octanol–water partition coefficient (Wildman–Crippen LogP) is 1.49. The summed E-state index contributed by atoms with van der Waals surface area (Å²) in [6.45, 7) is 5.05. The molecule has 88 valence electrons. The van der Waals surface area contributed by atoms with Gasteiger partial charge in [0.05, 0.1) is 6.54 Å². The van der Waals surface area contributed by atoms with Crippen molar-refractivity contribution in [3.8, 4) is 0 Å². The Bertz CT molecular complexity index is 206. The Hall–Kier alpha value is -0.570. The van der Waals surface area contributed by atoms with Crippen molar-refractivity contribution in [2.24, 2.45) is 11.8 Å². The van der Waals surface area contributed by atoms with Crippen LogP contribution in [0.5, 0.6) is 0 Å². The summed E-state index contributed by atoms with van der Waals surface area (Å²) in [5.74, 6) is 1.56. The molecular formula is C12H24N2O. The van der Waals surface area contributed by atoms with Crippen molar-refractivity contribution in [3.05, 3.63) is 0 Å². The number of hydrogen-bond acceptors (Lipinski definition) is 2. The zero-order valence-electron chi connectivity index (χ0n) is 10.4. The van der Waals surface area contributed by atoms with E-state index in [1.165, 1.54) is 19.3 Å². The van der Waals surface area contributed by atoms with Gasteiger partial charge in [0.1, 0.15) is 0 Å². The summed E-state index contributed by atoms with van der Waals surface area (Å²) >= 11 is 0. The highest BCUT2D eigenvalue weighted by molar-refractivity contribution is 5.77. The molecule has 3 nitrogen and oxygen atoms in total. The number of carbonyl (C=O) groups is 1. The Morgan fingerprint density at radius 1 is 1.27 bits per heavy atom. The highest BCUT2D eigenvalue weighted by atomic mass is 16.2. The Morgan fingerprint density at radius 3 is 2.27 bits per heavy atom. The average Bonchev–Trinajstić information content (AvgIpc) is 2.16. The quantitative estimate of drug-likeness (QED) is 0.768. The first kappa shape index (κ1) is 12.5. The first-order valence-corrected chi connectivity index (χ1v) is 5.96. The molecule has 3 heteroatoms. The highest BCUT2D eigenvalue weighted by Gasteiger charge is 2.27. The maximum atomic E-state index is 11.5. The van der Waals surface area contributed by atoms with Gasteiger partial charge in [-0.3, -0.25) is 4.79 Å². The van der Waals surface area contributed by atoms with E-state index in [2.05, 4.69) is 19.2 Å². The maximum absolute atomic E-state index is 11.5. The van der Waals surface area contributed by atoms with Crippen molar-refractivity contribution in [1.29, 1.82) is 0 Å². The van der Waals surface area contributed by atoms with Crippen LogP contribution in [-0.4, -0.2) is 37.5 Å². The lowest BCUT2D eigenvalue weighted by molar-refractivity contribution is -0.128. The summed E-state index contributed by atoms with van der Waals surface area (Å²) in [5, 5.41) is 3.41. The van der Waals surface area contributed by atoms with E-state index in [0.29, 0.717) is 24.4 Å². The Morgan fingerprint density at radius 2 is 1.80 bits per heavy atom. The van der Waals surface area contributed by atoms with E-state index in [1.54, 1.807) is 19.0 Å². The van der Waals surface area contributed by atoms with Crippen molar-refractivity contribution in [1.82, 2.24) is 10.2 Å². The third-order valence-corrected chi connectivity index (χ3v) is 3.53. The lowest BCUT2D eigenvalue weighted by atomic mass is 9.79. The summed E-state index contributed by atoms with van der Waals surface area (Å²) in [6, 6.07) is 0.516. The smallest absolute Gasteiger partial charge is 0.236 e. The van der Waals surface area contributed by atoms with E-state index in [0.717, 1.165) is 0 Å². The van der Waals surface area contributed by atoms with Gasteiger partial charge in [-0.2, -0.15) is 0 Å². The van der Waals surface area contributed by atoms with Crippen LogP contribution in [0.4, 0.5) is 0 Å². The molecule has 1 amide bonds. The molecule has 0 bridgehead atoms. The topological polar surface area (TPSA) is 32.3 Å². The fourth-order valence-corrected chi connectivity index (χ4v) is 2.45. The standard InChI is InChI=1S/C12H24N2O/c1-9-6-5-7-10(2)12(9)13-8-11(15)14(3)4/h9-10,12-13H,5-8H2,1-4H3. The van der Waals surface area contributed by atoms with Crippen LogP contribution in [0, 0.1) is 11.8 Å². The van der Waals surface area contributed by atoms with Gasteiger partial charge in [0.15, 0.2) is 0 Å². The van der Waals surface area contributed by atoms with Crippen LogP contribution in [0.2, 0.25) is 0 Å². The predicted molar refractivity (Wildman–Crippen MR) is 62.7 cm³/mol. The van der Waals surface area contributed by atoms with E-state index in [9.17, 15) is 4.79 Å². The molecule has 0 aromatic carbocycles. The second-order valence-corrected chi connectivity index (χ2v) is 5.08. The molecule has 1 N–H and O–H groups in total. The Balaban J connectivity index is 2.38. The van der Waals surface area contributed by atoms with Crippen LogP contribution >= 0.6 is 0 Å². The van der Waals surface area contributed by atoms with E-state index in [1.807, 2.05) is 0 Å². The molecule has 0 aromatic heterocycles. The van der Waals surface area contributed by atoms with Gasteiger partial charge in [0.2, 0.25) is 5.91 Å². The van der Waals surface area contributed by atoms with Gasteiger partial charge in [0.25, 0.3) is 0 Å². The summed E-state index contributed by atoms with van der Waals surface area (Å²) in [6.07, 6.45) is 3.92. The monoisotopic (exact) mass is 212 g/mol. The largest absolute Gasteiger partial charge is 0.348 e. The van der Waals surface area contributed by atoms with Crippen molar-refractivity contribution in [2.45, 2.75) is 39.2 Å². The summed E-state index contributed by atoms with van der Waals surface area (Å²) < 4.78 is 0. The third kappa shape index (κ3) is 3.49. The molecular weight excluding hydrogens is 188 g/mol. The number of hydrogen-bond donors (Lipinski definition) is 1. The molecule has 1 rings (SSSR count). The average molecular weight is 212 g/mol. The van der Waals surface area contributed by atoms with E-state index >= 15 is 0 Å². The molecule has 0 heterocycles. The number of amides is 1. The molecule has 1 saturated carbocycles. The highest BCUT2D eigenvalue weighted by Crippen LogP contribution is 2.28. The summed E-state index contributed by atoms with van der Waals surface area (Å²) in [4.78, 5) is 13.1. The molecule has 1 aliphatic carbocycles. The maximum Gasteiger partial charge on any atom is 0.236 e. The zero-order valence-corrected chi connectivity index (χ0v) is 10.4. The van der Waals surface area contributed by atoms with Crippen molar-refractivity contribution in [3.63, 3.8) is 0 Å². The molecule has 15 heavy (non-hydrogen) atoms. The molecule has 2 atom stereocenters. The van der Waals surface area contributed by atoms with Gasteiger partial charge in [-0.1, -0.05) is 20.3 Å². The number of nitrogens with one attached hydrogen (secondary N) is 1. The van der Waals surface area contributed by atoms with Crippen LogP contribution in [-0.2, 0) is 4.79 Å². The van der Waals surface area contributed by atoms with Crippen molar-refractivity contribution in [2.75, 3.05) is 20.6 Å². The van der Waals surface area contributed by atoms with Crippen LogP contribution in [0.3, 0.4) is 0 Å². The second kappa shape index (κ2) is 5.50. The van der Waals surface area contributed by atoms with Crippen molar-refractivity contribution < 1.29 is 4.79 Å². The number of likely N-dealkylation sites (N-methyl/N-ethyl adjacent to an activating group) is 1. The van der Waals surface area contributed by atoms with Crippen LogP contribution in [0.15, 0.2) is 0 Å². The van der Waals surface area contributed by atoms with Crippen molar-refractivity contribution >= 4 is 5.91 Å². The molecule has 1 fully saturated rings. The van der Waals surface area contributed by atoms with Gasteiger partial charge >= 0.3 is 0 Å². The first-order chi connectivity index (χ1) is 7.02. The first-order valence-electron chi connectivity index (χ1n) is 5.96. The lowest BCUT2D eigenvalue weighted by Gasteiger charge is -2.35. The molecule has 0 aromatic rings. The van der Waals surface area contributed by atoms with Crippen LogP contribution in [0.1, 0.15) is 33.1 Å². The number of carbonyl (C=O) groups excluding carboxylic acids is 1.